The Balaban J connectivity index is 2.22. The van der Waals surface area contributed by atoms with Gasteiger partial charge in [0.2, 0.25) is 0 Å². The highest BCUT2D eigenvalue weighted by atomic mass is 32.1. The monoisotopic (exact) mass is 212 g/mol. The summed E-state index contributed by atoms with van der Waals surface area (Å²) in [5.74, 6) is 0. The Labute approximate surface area is 91.6 Å². The van der Waals surface area contributed by atoms with Crippen LogP contribution in [0.25, 0.3) is 22.5 Å². The maximum absolute atomic E-state index is 4.22. The van der Waals surface area contributed by atoms with Crippen molar-refractivity contribution >= 4 is 11.3 Å². The van der Waals surface area contributed by atoms with Gasteiger partial charge in [-0.3, -0.25) is 0 Å². The Kier molecular flexibility index (Phi) is 1.96. The predicted molar refractivity (Wildman–Crippen MR) is 62.0 cm³/mol. The molecule has 1 aromatic carbocycles. The molecule has 0 bridgehead atoms. The Morgan fingerprint density at radius 3 is 2.67 bits per heavy atom. The summed E-state index contributed by atoms with van der Waals surface area (Å²) in [6, 6.07) is 12.1. The van der Waals surface area contributed by atoms with Gasteiger partial charge in [-0.05, 0) is 11.4 Å². The van der Waals surface area contributed by atoms with E-state index in [9.17, 15) is 0 Å². The van der Waals surface area contributed by atoms with E-state index in [0.717, 1.165) is 22.5 Å². The summed E-state index contributed by atoms with van der Waals surface area (Å²) < 4.78 is 0. The molecule has 0 amide bonds. The fraction of sp³-hybridized carbons (Fsp3) is 0. The van der Waals surface area contributed by atoms with Crippen LogP contribution in [0.3, 0.4) is 0 Å². The second-order valence-corrected chi connectivity index (χ2v) is 4.05. The molecular formula is C12H8N2S. The first-order valence-corrected chi connectivity index (χ1v) is 5.63. The highest BCUT2D eigenvalue weighted by Crippen LogP contribution is 2.31. The number of aromatic nitrogens is 2. The lowest BCUT2D eigenvalue weighted by Gasteiger charge is -1.98. The van der Waals surface area contributed by atoms with Crippen LogP contribution >= 0.6 is 11.3 Å². The molecule has 3 heteroatoms. The second kappa shape index (κ2) is 3.44. The standard InChI is InChI=1S/C12H8N2S/c1-2-4-9(5-3-1)12-10-8-15-7-6-11(10)13-14-12/h1-8H. The summed E-state index contributed by atoms with van der Waals surface area (Å²) in [4.78, 5) is 0. The molecule has 2 heterocycles. The maximum Gasteiger partial charge on any atom is 0.103 e. The van der Waals surface area contributed by atoms with Crippen LogP contribution in [0.5, 0.6) is 0 Å². The van der Waals surface area contributed by atoms with Crippen molar-refractivity contribution < 1.29 is 0 Å². The summed E-state index contributed by atoms with van der Waals surface area (Å²) in [5.41, 5.74) is 4.20. The van der Waals surface area contributed by atoms with Crippen LogP contribution in [0, 0.1) is 0 Å². The predicted octanol–water partition coefficient (Wildman–Crippen LogP) is 3.31. The molecule has 0 unspecified atom stereocenters. The van der Waals surface area contributed by atoms with Crippen LogP contribution in [-0.4, -0.2) is 10.2 Å². The number of rotatable bonds is 1. The maximum atomic E-state index is 4.22. The van der Waals surface area contributed by atoms with Crippen molar-refractivity contribution in [1.29, 1.82) is 0 Å². The van der Waals surface area contributed by atoms with Gasteiger partial charge in [0.1, 0.15) is 5.69 Å². The molecule has 15 heavy (non-hydrogen) atoms. The minimum Gasteiger partial charge on any atom is -0.152 e. The topological polar surface area (TPSA) is 25.8 Å². The van der Waals surface area contributed by atoms with Crippen molar-refractivity contribution in [3.05, 3.63) is 47.2 Å². The van der Waals surface area contributed by atoms with Gasteiger partial charge in [-0.2, -0.15) is 11.3 Å². The summed E-state index contributed by atoms with van der Waals surface area (Å²) in [6.45, 7) is 0. The van der Waals surface area contributed by atoms with Gasteiger partial charge in [0.05, 0.1) is 5.69 Å². The molecule has 0 spiro atoms. The van der Waals surface area contributed by atoms with Gasteiger partial charge in [-0.1, -0.05) is 30.3 Å². The van der Waals surface area contributed by atoms with Gasteiger partial charge in [0.25, 0.3) is 0 Å². The zero-order valence-corrected chi connectivity index (χ0v) is 8.74. The lowest BCUT2D eigenvalue weighted by atomic mass is 10.1. The van der Waals surface area contributed by atoms with Crippen LogP contribution < -0.4 is 0 Å². The first-order chi connectivity index (χ1) is 7.45. The Hall–Kier alpha value is -1.74. The third kappa shape index (κ3) is 1.41. The van der Waals surface area contributed by atoms with Crippen LogP contribution in [0.15, 0.2) is 47.2 Å². The minimum atomic E-state index is 0.965. The molecule has 0 aliphatic carbocycles. The van der Waals surface area contributed by atoms with Gasteiger partial charge in [0.15, 0.2) is 0 Å². The fourth-order valence-corrected chi connectivity index (χ4v) is 2.25. The third-order valence-corrected chi connectivity index (χ3v) is 2.99. The van der Waals surface area contributed by atoms with E-state index in [-0.39, 0.29) is 0 Å². The Bertz CT molecular complexity index is 545. The highest BCUT2D eigenvalue weighted by Gasteiger charge is 2.13. The SMILES string of the molecule is c1ccc(-c2nnc3ccscc2-3)cc1. The molecule has 3 rings (SSSR count). The van der Waals surface area contributed by atoms with E-state index in [1.165, 1.54) is 0 Å². The molecule has 0 fully saturated rings. The molecule has 0 saturated carbocycles. The van der Waals surface area contributed by atoms with Crippen molar-refractivity contribution in [3.63, 3.8) is 0 Å². The van der Waals surface area contributed by atoms with Crippen LogP contribution in [-0.2, 0) is 0 Å². The lowest BCUT2D eigenvalue weighted by Crippen LogP contribution is -1.78. The molecule has 0 atom stereocenters. The molecule has 2 aliphatic rings. The van der Waals surface area contributed by atoms with E-state index in [2.05, 4.69) is 27.7 Å². The zero-order valence-electron chi connectivity index (χ0n) is 7.92. The van der Waals surface area contributed by atoms with Crippen molar-refractivity contribution in [2.75, 3.05) is 0 Å². The van der Waals surface area contributed by atoms with Crippen LogP contribution in [0.2, 0.25) is 0 Å². The van der Waals surface area contributed by atoms with Gasteiger partial charge in [-0.25, -0.2) is 0 Å². The third-order valence-electron chi connectivity index (χ3n) is 2.33. The van der Waals surface area contributed by atoms with Crippen LogP contribution in [0.4, 0.5) is 0 Å². The second-order valence-electron chi connectivity index (χ2n) is 3.27. The normalized spacial score (nSPS) is 10.7. The smallest absolute Gasteiger partial charge is 0.103 e. The van der Waals surface area contributed by atoms with Gasteiger partial charge >= 0.3 is 0 Å². The first kappa shape index (κ1) is 8.56. The van der Waals surface area contributed by atoms with E-state index in [1.54, 1.807) is 11.3 Å². The first-order valence-electron chi connectivity index (χ1n) is 4.69. The Morgan fingerprint density at radius 1 is 0.933 bits per heavy atom. The van der Waals surface area contributed by atoms with Gasteiger partial charge in [-0.15, -0.1) is 10.2 Å². The number of fused-ring (bicyclic) bond motifs is 1. The zero-order chi connectivity index (χ0) is 10.1. The molecule has 0 saturated heterocycles. The minimum absolute atomic E-state index is 0.965. The van der Waals surface area contributed by atoms with Gasteiger partial charge in [0, 0.05) is 16.5 Å². The molecule has 0 N–H and O–H groups in total. The average Bonchev–Trinajstić information content (AvgIpc) is 2.74. The molecule has 1 aromatic rings. The number of benzene rings is 1. The number of nitrogens with zero attached hydrogens (tertiary/aromatic N) is 2. The fourth-order valence-electron chi connectivity index (χ4n) is 1.59. The van der Waals surface area contributed by atoms with Gasteiger partial charge < -0.3 is 0 Å². The van der Waals surface area contributed by atoms with E-state index in [4.69, 9.17) is 0 Å². The van der Waals surface area contributed by atoms with E-state index in [1.807, 2.05) is 29.6 Å². The summed E-state index contributed by atoms with van der Waals surface area (Å²) in [6.07, 6.45) is 0. The van der Waals surface area contributed by atoms with Crippen LogP contribution in [0.1, 0.15) is 0 Å². The molecule has 0 aromatic heterocycles. The summed E-state index contributed by atoms with van der Waals surface area (Å²) >= 11 is 1.67. The molecule has 2 nitrogen and oxygen atoms in total. The number of hydrogen-bond acceptors (Lipinski definition) is 3. The molecular weight excluding hydrogens is 204 g/mol. The molecule has 72 valence electrons. The van der Waals surface area contributed by atoms with E-state index < -0.39 is 0 Å². The summed E-state index contributed by atoms with van der Waals surface area (Å²) in [5, 5.41) is 12.5. The number of hydrogen-bond donors (Lipinski definition) is 0. The highest BCUT2D eigenvalue weighted by molar-refractivity contribution is 7.08. The van der Waals surface area contributed by atoms with E-state index in [0.29, 0.717) is 0 Å². The Morgan fingerprint density at radius 2 is 1.80 bits per heavy atom. The average molecular weight is 212 g/mol. The largest absolute Gasteiger partial charge is 0.152 e. The summed E-state index contributed by atoms with van der Waals surface area (Å²) in [7, 11) is 0. The van der Waals surface area contributed by atoms with Crippen molar-refractivity contribution in [1.82, 2.24) is 10.2 Å². The van der Waals surface area contributed by atoms with E-state index >= 15 is 0 Å². The van der Waals surface area contributed by atoms with Crippen molar-refractivity contribution in [3.8, 4) is 22.5 Å². The van der Waals surface area contributed by atoms with Crippen molar-refractivity contribution in [2.24, 2.45) is 0 Å². The van der Waals surface area contributed by atoms with Crippen molar-refractivity contribution in [2.45, 2.75) is 0 Å². The quantitative estimate of drug-likeness (QED) is 0.618. The molecule has 2 aliphatic heterocycles. The molecule has 0 radical (unpaired) electrons. The lowest BCUT2D eigenvalue weighted by molar-refractivity contribution is 1.11.